The van der Waals surface area contributed by atoms with Crippen molar-refractivity contribution in [3.05, 3.63) is 273 Å². The molecule has 0 spiro atoms. The van der Waals surface area contributed by atoms with Crippen LogP contribution in [0.2, 0.25) is 0 Å². The van der Waals surface area contributed by atoms with Crippen molar-refractivity contribution in [1.82, 2.24) is 14.1 Å². The molecule has 0 atom stereocenters. The number of aromatic nitrogens is 3. The van der Waals surface area contributed by atoms with Gasteiger partial charge in [-0.15, -0.1) is 0 Å². The minimum Gasteiger partial charge on any atom is -0.310 e. The lowest BCUT2D eigenvalue weighted by atomic mass is 10.1. The summed E-state index contributed by atoms with van der Waals surface area (Å²) in [6, 6.07) is 97.6. The molecule has 70 heavy (non-hydrogen) atoms. The van der Waals surface area contributed by atoms with Gasteiger partial charge in [0.15, 0.2) is 0 Å². The van der Waals surface area contributed by atoms with Crippen LogP contribution in [-0.2, 0) is 0 Å². The second-order valence-corrected chi connectivity index (χ2v) is 17.6. The van der Waals surface area contributed by atoms with E-state index in [0.717, 1.165) is 112 Å². The number of pyridine rings is 1. The van der Waals surface area contributed by atoms with Gasteiger partial charge in [-0.05, 0) is 109 Å². The van der Waals surface area contributed by atoms with Crippen molar-refractivity contribution in [2.45, 2.75) is 0 Å². The lowest BCUT2D eigenvalue weighted by molar-refractivity contribution is 1.14. The Balaban J connectivity index is 1.16. The quantitative estimate of drug-likeness (QED) is 0.137. The predicted octanol–water partition coefficient (Wildman–Crippen LogP) is 17.5. The normalized spacial score (nSPS) is 11.4. The molecule has 330 valence electrons. The van der Waals surface area contributed by atoms with Gasteiger partial charge in [0, 0.05) is 72.5 Å². The van der Waals surface area contributed by atoms with E-state index >= 15 is 0 Å². The van der Waals surface area contributed by atoms with E-state index in [0.29, 0.717) is 0 Å². The van der Waals surface area contributed by atoms with E-state index in [2.05, 4.69) is 292 Å². The molecule has 0 N–H and O–H groups in total. The lowest BCUT2D eigenvalue weighted by Gasteiger charge is -2.25. The molecule has 3 aromatic heterocycles. The first-order chi connectivity index (χ1) is 34.7. The lowest BCUT2D eigenvalue weighted by Crippen LogP contribution is -2.09. The highest BCUT2D eigenvalue weighted by atomic mass is 15.2. The van der Waals surface area contributed by atoms with Gasteiger partial charge < -0.3 is 18.9 Å². The van der Waals surface area contributed by atoms with Crippen molar-refractivity contribution in [2.24, 2.45) is 0 Å². The smallest absolute Gasteiger partial charge is 0.0788 e. The maximum absolute atomic E-state index is 5.36. The van der Waals surface area contributed by atoms with Crippen LogP contribution < -0.4 is 9.80 Å². The van der Waals surface area contributed by atoms with Gasteiger partial charge in [0.05, 0.1) is 39.1 Å². The summed E-state index contributed by atoms with van der Waals surface area (Å²) >= 11 is 0. The highest BCUT2D eigenvalue weighted by Gasteiger charge is 2.25. The van der Waals surface area contributed by atoms with E-state index in [1.54, 1.807) is 0 Å². The van der Waals surface area contributed by atoms with E-state index in [-0.39, 0.29) is 0 Å². The van der Waals surface area contributed by atoms with Crippen LogP contribution in [0, 0.1) is 0 Å². The fourth-order valence-electron chi connectivity index (χ4n) is 10.3. The average Bonchev–Trinajstić information content (AvgIpc) is 3.95. The molecule has 0 saturated carbocycles. The number of fused-ring (bicyclic) bond motifs is 7. The molecule has 0 bridgehead atoms. The summed E-state index contributed by atoms with van der Waals surface area (Å²) in [5, 5.41) is 4.63. The Kier molecular flexibility index (Phi) is 10.1. The van der Waals surface area contributed by atoms with Crippen LogP contribution in [0.1, 0.15) is 0 Å². The number of anilines is 6. The number of rotatable bonds is 10. The van der Waals surface area contributed by atoms with Gasteiger partial charge in [0.1, 0.15) is 0 Å². The minimum atomic E-state index is 0.908. The number of nitrogens with zero attached hydrogens (tertiary/aromatic N) is 5. The summed E-state index contributed by atoms with van der Waals surface area (Å²) < 4.78 is 4.96. The van der Waals surface area contributed by atoms with E-state index in [1.165, 1.54) is 0 Å². The topological polar surface area (TPSA) is 29.2 Å². The van der Waals surface area contributed by atoms with Crippen molar-refractivity contribution in [3.63, 3.8) is 0 Å². The average molecular weight is 896 g/mol. The number of hydrogen-bond donors (Lipinski definition) is 0. The molecule has 0 fully saturated rings. The Morgan fingerprint density at radius 1 is 0.257 bits per heavy atom. The van der Waals surface area contributed by atoms with Gasteiger partial charge in [0.2, 0.25) is 0 Å². The van der Waals surface area contributed by atoms with Gasteiger partial charge in [0.25, 0.3) is 0 Å². The molecule has 0 aliphatic rings. The zero-order chi connectivity index (χ0) is 46.4. The largest absolute Gasteiger partial charge is 0.310 e. The van der Waals surface area contributed by atoms with Crippen LogP contribution in [0.25, 0.3) is 77.5 Å². The van der Waals surface area contributed by atoms with Gasteiger partial charge in [-0.3, -0.25) is 0 Å². The zero-order valence-corrected chi connectivity index (χ0v) is 38.2. The van der Waals surface area contributed by atoms with Crippen LogP contribution in [0.3, 0.4) is 0 Å². The van der Waals surface area contributed by atoms with Crippen molar-refractivity contribution in [1.29, 1.82) is 0 Å². The first-order valence-electron chi connectivity index (χ1n) is 23.8. The number of benzene rings is 10. The SMILES string of the molecule is c1ccc(-c2cc(-n3c4ccc(N(c5ccccc5)c5ccccc5)cc4c4ccc5c6cc(N(c7ccccc7)c7ccccc7)ccc6n(-c6ccccc6)c5c43)cc(-c3ccccc3)n2)cc1. The third-order valence-electron chi connectivity index (χ3n) is 13.4. The van der Waals surface area contributed by atoms with E-state index in [4.69, 9.17) is 4.98 Å². The maximum atomic E-state index is 5.36. The highest BCUT2D eigenvalue weighted by molar-refractivity contribution is 6.24. The minimum absolute atomic E-state index is 0.908. The van der Waals surface area contributed by atoms with Crippen LogP contribution in [0.15, 0.2) is 273 Å². The van der Waals surface area contributed by atoms with Gasteiger partial charge in [-0.25, -0.2) is 4.98 Å². The summed E-state index contributed by atoms with van der Waals surface area (Å²) in [5.41, 5.74) is 17.0. The molecule has 13 rings (SSSR count). The van der Waals surface area contributed by atoms with Gasteiger partial charge in [-0.2, -0.15) is 0 Å². The Labute approximate surface area is 406 Å². The van der Waals surface area contributed by atoms with Crippen LogP contribution in [0.4, 0.5) is 34.1 Å². The molecule has 0 amide bonds. The maximum Gasteiger partial charge on any atom is 0.0788 e. The third kappa shape index (κ3) is 7.08. The summed E-state index contributed by atoms with van der Waals surface area (Å²) in [4.78, 5) is 10.1. The van der Waals surface area contributed by atoms with Crippen molar-refractivity contribution in [3.8, 4) is 33.9 Å². The molecule has 3 heterocycles. The summed E-state index contributed by atoms with van der Waals surface area (Å²) in [6.07, 6.45) is 0. The number of para-hydroxylation sites is 5. The molecule has 0 aliphatic carbocycles. The fraction of sp³-hybridized carbons (Fsp3) is 0. The van der Waals surface area contributed by atoms with Crippen molar-refractivity contribution >= 4 is 77.7 Å². The highest BCUT2D eigenvalue weighted by Crippen LogP contribution is 2.46. The van der Waals surface area contributed by atoms with Gasteiger partial charge >= 0.3 is 0 Å². The molecule has 0 unspecified atom stereocenters. The molecule has 13 aromatic rings. The molecule has 0 radical (unpaired) electrons. The monoisotopic (exact) mass is 895 g/mol. The molecule has 10 aromatic carbocycles. The fourth-order valence-corrected chi connectivity index (χ4v) is 10.3. The van der Waals surface area contributed by atoms with Crippen LogP contribution in [-0.4, -0.2) is 14.1 Å². The Morgan fingerprint density at radius 3 is 0.957 bits per heavy atom. The standard InChI is InChI=1S/C65H45N5/c1-8-22-46(23-9-1)60-44-55(45-61(66-60)47-24-10-2-11-25-47)70-63-41-37-54(68(50-30-16-5-17-31-50)51-32-18-6-19-33-51)43-59(63)57-39-38-56-58-42-53(67(48-26-12-3-13-27-48)49-28-14-4-15-29-49)36-40-62(58)69(64(56)65(57)70)52-34-20-7-21-35-52/h1-45H. The Hall–Kier alpha value is -9.45. The Morgan fingerprint density at radius 2 is 0.586 bits per heavy atom. The summed E-state index contributed by atoms with van der Waals surface area (Å²) in [7, 11) is 0. The van der Waals surface area contributed by atoms with Crippen LogP contribution >= 0.6 is 0 Å². The van der Waals surface area contributed by atoms with E-state index in [1.807, 2.05) is 0 Å². The van der Waals surface area contributed by atoms with Gasteiger partial charge in [-0.1, -0.05) is 164 Å². The Bertz CT molecular complexity index is 3830. The van der Waals surface area contributed by atoms with E-state index in [9.17, 15) is 0 Å². The number of hydrogen-bond acceptors (Lipinski definition) is 3. The van der Waals surface area contributed by atoms with Crippen LogP contribution in [0.5, 0.6) is 0 Å². The third-order valence-corrected chi connectivity index (χ3v) is 13.4. The van der Waals surface area contributed by atoms with Crippen molar-refractivity contribution in [2.75, 3.05) is 9.80 Å². The first-order valence-corrected chi connectivity index (χ1v) is 23.8. The second kappa shape index (κ2) is 17.3. The molecule has 0 aliphatic heterocycles. The summed E-state index contributed by atoms with van der Waals surface area (Å²) in [5.74, 6) is 0. The molecular weight excluding hydrogens is 851 g/mol. The summed E-state index contributed by atoms with van der Waals surface area (Å²) in [6.45, 7) is 0. The predicted molar refractivity (Wildman–Crippen MR) is 293 cm³/mol. The molecule has 5 nitrogen and oxygen atoms in total. The second-order valence-electron chi connectivity index (χ2n) is 17.6. The molecule has 5 heteroatoms. The molecule has 0 saturated heterocycles. The first kappa shape index (κ1) is 40.8. The van der Waals surface area contributed by atoms with E-state index < -0.39 is 0 Å². The van der Waals surface area contributed by atoms with Crippen molar-refractivity contribution < 1.29 is 0 Å². The molecular formula is C65H45N5. The zero-order valence-electron chi connectivity index (χ0n) is 38.2.